The van der Waals surface area contributed by atoms with E-state index in [9.17, 15) is 0 Å². The van der Waals surface area contributed by atoms with Gasteiger partial charge in [-0.1, -0.05) is 36.4 Å². The lowest BCUT2D eigenvalue weighted by molar-refractivity contribution is 0.329. The van der Waals surface area contributed by atoms with Gasteiger partial charge in [-0.3, -0.25) is 4.90 Å². The highest BCUT2D eigenvalue weighted by Gasteiger charge is 2.22. The molecule has 0 saturated carbocycles. The second-order valence-corrected chi connectivity index (χ2v) is 6.14. The fourth-order valence-corrected chi connectivity index (χ4v) is 3.27. The van der Waals surface area contributed by atoms with Gasteiger partial charge in [0.25, 0.3) is 0 Å². The van der Waals surface area contributed by atoms with E-state index in [0.717, 1.165) is 31.9 Å². The van der Waals surface area contributed by atoms with Crippen LogP contribution in [0.5, 0.6) is 0 Å². The summed E-state index contributed by atoms with van der Waals surface area (Å²) in [4.78, 5) is 10.7. The first-order chi connectivity index (χ1) is 11.4. The Morgan fingerprint density at radius 1 is 1.09 bits per heavy atom. The maximum Gasteiger partial charge on any atom is 0.129 e. The molecule has 1 fully saturated rings. The molecule has 2 heterocycles. The van der Waals surface area contributed by atoms with E-state index in [-0.39, 0.29) is 0 Å². The Kier molecular flexibility index (Phi) is 3.90. The van der Waals surface area contributed by atoms with Crippen molar-refractivity contribution in [3.63, 3.8) is 0 Å². The molecular weight excluding hydrogens is 284 g/mol. The van der Waals surface area contributed by atoms with E-state index in [2.05, 4.69) is 62.6 Å². The molecule has 1 aliphatic rings. The van der Waals surface area contributed by atoms with E-state index >= 15 is 0 Å². The Morgan fingerprint density at radius 3 is 2.87 bits per heavy atom. The second-order valence-electron chi connectivity index (χ2n) is 6.14. The molecule has 3 aromatic rings. The van der Waals surface area contributed by atoms with E-state index in [1.54, 1.807) is 12.5 Å². The molecule has 0 spiro atoms. The fourth-order valence-electron chi connectivity index (χ4n) is 3.27. The third-order valence-electron chi connectivity index (χ3n) is 4.43. The zero-order chi connectivity index (χ0) is 15.5. The average Bonchev–Trinajstić information content (AvgIpc) is 3.02. The highest BCUT2D eigenvalue weighted by molar-refractivity contribution is 5.82. The van der Waals surface area contributed by atoms with Crippen molar-refractivity contribution in [1.82, 2.24) is 14.9 Å². The van der Waals surface area contributed by atoms with Crippen molar-refractivity contribution in [1.29, 1.82) is 0 Å². The van der Waals surface area contributed by atoms with Crippen LogP contribution in [0.1, 0.15) is 12.0 Å². The number of hydrogen-bond acceptors (Lipinski definition) is 4. The molecule has 1 N–H and O–H groups in total. The van der Waals surface area contributed by atoms with Crippen LogP contribution in [0.2, 0.25) is 0 Å². The van der Waals surface area contributed by atoms with Crippen molar-refractivity contribution in [2.45, 2.75) is 19.0 Å². The summed E-state index contributed by atoms with van der Waals surface area (Å²) in [5.41, 5.74) is 1.38. The van der Waals surface area contributed by atoms with E-state index in [4.69, 9.17) is 0 Å². The quantitative estimate of drug-likeness (QED) is 0.803. The lowest BCUT2D eigenvalue weighted by atomic mass is 10.1. The molecule has 1 atom stereocenters. The molecule has 4 heteroatoms. The van der Waals surface area contributed by atoms with Crippen LogP contribution >= 0.6 is 0 Å². The molecule has 1 aliphatic heterocycles. The van der Waals surface area contributed by atoms with Crippen LogP contribution in [0, 0.1) is 0 Å². The van der Waals surface area contributed by atoms with Crippen molar-refractivity contribution < 1.29 is 0 Å². The summed E-state index contributed by atoms with van der Waals surface area (Å²) in [6, 6.07) is 17.7. The fraction of sp³-hybridized carbons (Fsp3) is 0.263. The molecule has 1 aromatic heterocycles. The molecule has 1 saturated heterocycles. The van der Waals surface area contributed by atoms with Crippen LogP contribution in [0.25, 0.3) is 10.8 Å². The first-order valence-electron chi connectivity index (χ1n) is 8.09. The standard InChI is InChI=1S/C19H20N4/c1-2-4-17-11-15(5-6-16(17)3-1)12-23-10-8-18(13-23)22-19-7-9-20-14-21-19/h1-7,9,11,14,18H,8,10,12-13H2,(H,20,21,22). The smallest absolute Gasteiger partial charge is 0.129 e. The van der Waals surface area contributed by atoms with Crippen LogP contribution in [0.4, 0.5) is 5.82 Å². The van der Waals surface area contributed by atoms with E-state index in [1.807, 2.05) is 6.07 Å². The summed E-state index contributed by atoms with van der Waals surface area (Å²) in [6.07, 6.45) is 4.51. The van der Waals surface area contributed by atoms with Gasteiger partial charge < -0.3 is 5.32 Å². The van der Waals surface area contributed by atoms with Gasteiger partial charge in [-0.2, -0.15) is 0 Å². The Hall–Kier alpha value is -2.46. The number of likely N-dealkylation sites (tertiary alicyclic amines) is 1. The SMILES string of the molecule is c1ccc2cc(CN3CCC(Nc4ccncn4)C3)ccc2c1. The second kappa shape index (κ2) is 6.34. The minimum atomic E-state index is 0.463. The van der Waals surface area contributed by atoms with Gasteiger partial charge in [0.2, 0.25) is 0 Å². The molecular formula is C19H20N4. The number of benzene rings is 2. The first kappa shape index (κ1) is 14.2. The summed E-state index contributed by atoms with van der Waals surface area (Å²) in [5, 5.41) is 6.12. The highest BCUT2D eigenvalue weighted by atomic mass is 15.2. The van der Waals surface area contributed by atoms with Gasteiger partial charge in [0.15, 0.2) is 0 Å². The number of rotatable bonds is 4. The zero-order valence-corrected chi connectivity index (χ0v) is 13.0. The van der Waals surface area contributed by atoms with Gasteiger partial charge in [-0.15, -0.1) is 0 Å². The molecule has 116 valence electrons. The number of nitrogens with zero attached hydrogens (tertiary/aromatic N) is 3. The molecule has 0 aliphatic carbocycles. The van der Waals surface area contributed by atoms with Crippen LogP contribution in [0.3, 0.4) is 0 Å². The number of nitrogens with one attached hydrogen (secondary N) is 1. The summed E-state index contributed by atoms with van der Waals surface area (Å²) < 4.78 is 0. The highest BCUT2D eigenvalue weighted by Crippen LogP contribution is 2.20. The number of aromatic nitrogens is 2. The largest absolute Gasteiger partial charge is 0.366 e. The molecule has 23 heavy (non-hydrogen) atoms. The Bertz CT molecular complexity index is 787. The molecule has 0 radical (unpaired) electrons. The predicted molar refractivity (Wildman–Crippen MR) is 93.3 cm³/mol. The third kappa shape index (κ3) is 3.32. The van der Waals surface area contributed by atoms with Gasteiger partial charge in [0.1, 0.15) is 12.1 Å². The number of anilines is 1. The van der Waals surface area contributed by atoms with Crippen molar-refractivity contribution in [2.75, 3.05) is 18.4 Å². The molecule has 4 nitrogen and oxygen atoms in total. The predicted octanol–water partition coefficient (Wildman–Crippen LogP) is 3.32. The van der Waals surface area contributed by atoms with Crippen molar-refractivity contribution in [3.05, 3.63) is 66.6 Å². The monoisotopic (exact) mass is 304 g/mol. The molecule has 2 aromatic carbocycles. The molecule has 0 bridgehead atoms. The Balaban J connectivity index is 1.39. The van der Waals surface area contributed by atoms with Crippen LogP contribution < -0.4 is 5.32 Å². The van der Waals surface area contributed by atoms with Crippen LogP contribution in [0.15, 0.2) is 61.1 Å². The summed E-state index contributed by atoms with van der Waals surface area (Å²) in [6.45, 7) is 3.18. The van der Waals surface area contributed by atoms with Crippen molar-refractivity contribution >= 4 is 16.6 Å². The molecule has 4 rings (SSSR count). The van der Waals surface area contributed by atoms with Gasteiger partial charge in [-0.05, 0) is 34.9 Å². The normalized spacial score (nSPS) is 18.3. The van der Waals surface area contributed by atoms with E-state index < -0.39 is 0 Å². The lowest BCUT2D eigenvalue weighted by Crippen LogP contribution is -2.26. The van der Waals surface area contributed by atoms with Gasteiger partial charge in [0.05, 0.1) is 0 Å². The number of hydrogen-bond donors (Lipinski definition) is 1. The van der Waals surface area contributed by atoms with Gasteiger partial charge in [-0.25, -0.2) is 9.97 Å². The lowest BCUT2D eigenvalue weighted by Gasteiger charge is -2.17. The van der Waals surface area contributed by atoms with E-state index in [1.165, 1.54) is 16.3 Å². The molecule has 1 unspecified atom stereocenters. The Morgan fingerprint density at radius 2 is 2.00 bits per heavy atom. The van der Waals surface area contributed by atoms with Crippen LogP contribution in [-0.4, -0.2) is 34.0 Å². The number of fused-ring (bicyclic) bond motifs is 1. The minimum Gasteiger partial charge on any atom is -0.366 e. The average molecular weight is 304 g/mol. The minimum absolute atomic E-state index is 0.463. The van der Waals surface area contributed by atoms with Crippen LogP contribution in [-0.2, 0) is 6.54 Å². The van der Waals surface area contributed by atoms with Gasteiger partial charge >= 0.3 is 0 Å². The van der Waals surface area contributed by atoms with Crippen molar-refractivity contribution in [3.8, 4) is 0 Å². The van der Waals surface area contributed by atoms with Gasteiger partial charge in [0, 0.05) is 31.9 Å². The Labute approximate surface area is 136 Å². The summed E-state index contributed by atoms with van der Waals surface area (Å²) in [7, 11) is 0. The van der Waals surface area contributed by atoms with Crippen molar-refractivity contribution in [2.24, 2.45) is 0 Å². The zero-order valence-electron chi connectivity index (χ0n) is 13.0. The summed E-state index contributed by atoms with van der Waals surface area (Å²) in [5.74, 6) is 0.914. The van der Waals surface area contributed by atoms with E-state index in [0.29, 0.717) is 6.04 Å². The topological polar surface area (TPSA) is 41.0 Å². The first-order valence-corrected chi connectivity index (χ1v) is 8.09. The third-order valence-corrected chi connectivity index (χ3v) is 4.43. The maximum absolute atomic E-state index is 4.24. The maximum atomic E-state index is 4.24. The molecule has 0 amide bonds. The summed E-state index contributed by atoms with van der Waals surface area (Å²) >= 11 is 0.